The van der Waals surface area contributed by atoms with E-state index in [4.69, 9.17) is 10.2 Å². The van der Waals surface area contributed by atoms with Gasteiger partial charge in [0.2, 0.25) is 0 Å². The summed E-state index contributed by atoms with van der Waals surface area (Å²) in [5.41, 5.74) is 0. The van der Waals surface area contributed by atoms with Crippen molar-refractivity contribution in [1.29, 1.82) is 0 Å². The van der Waals surface area contributed by atoms with E-state index in [9.17, 15) is 4.79 Å². The van der Waals surface area contributed by atoms with E-state index in [0.717, 1.165) is 0 Å². The molecule has 0 aromatic rings. The molecule has 0 saturated carbocycles. The molecule has 44 valence electrons. The van der Waals surface area contributed by atoms with E-state index in [2.05, 4.69) is 0 Å². The zero-order chi connectivity index (χ0) is 5.70. The van der Waals surface area contributed by atoms with Gasteiger partial charge in [-0.05, 0) is 6.42 Å². The van der Waals surface area contributed by atoms with E-state index >= 15 is 0 Å². The summed E-state index contributed by atoms with van der Waals surface area (Å²) in [6.45, 7) is -0.0354. The molecule has 0 radical (unpaired) electrons. The summed E-state index contributed by atoms with van der Waals surface area (Å²) in [6, 6.07) is 0. The Morgan fingerprint density at radius 1 is 1.50 bits per heavy atom. The van der Waals surface area contributed by atoms with Gasteiger partial charge in [-0.25, -0.2) is 0 Å². The van der Waals surface area contributed by atoms with Crippen LogP contribution in [0.2, 0.25) is 0 Å². The topological polar surface area (TPSA) is 57.5 Å². The Kier molecular flexibility index (Phi) is 12.3. The third kappa shape index (κ3) is 10.3. The molecule has 8 heavy (non-hydrogen) atoms. The molecule has 0 aromatic heterocycles. The first-order valence-corrected chi connectivity index (χ1v) is 2.10. The first kappa shape index (κ1) is 12.0. The molecule has 0 aliphatic carbocycles. The second-order valence-corrected chi connectivity index (χ2v) is 1.22. The van der Waals surface area contributed by atoms with Crippen molar-refractivity contribution >= 4 is 64.2 Å². The predicted octanol–water partition coefficient (Wildman–Crippen LogP) is -0.805. The van der Waals surface area contributed by atoms with E-state index in [-0.39, 0.29) is 71.2 Å². The zero-order valence-electron chi connectivity index (χ0n) is 3.92. The van der Waals surface area contributed by atoms with Crippen LogP contribution in [0.15, 0.2) is 0 Å². The maximum absolute atomic E-state index is 9.65. The van der Waals surface area contributed by atoms with E-state index in [1.165, 1.54) is 0 Å². The van der Waals surface area contributed by atoms with Gasteiger partial charge in [-0.1, -0.05) is 0 Å². The summed E-state index contributed by atoms with van der Waals surface area (Å²) in [5, 5.41) is 16.0. The van der Waals surface area contributed by atoms with E-state index in [1.807, 2.05) is 0 Å². The van der Waals surface area contributed by atoms with Crippen LogP contribution in [0.3, 0.4) is 0 Å². The van der Waals surface area contributed by atoms with Crippen LogP contribution in [0, 0.1) is 0 Å². The molecule has 0 aliphatic rings. The van der Waals surface area contributed by atoms with E-state index in [1.54, 1.807) is 0 Å². The van der Waals surface area contributed by atoms with Crippen molar-refractivity contribution in [3.05, 3.63) is 0 Å². The van der Waals surface area contributed by atoms with Gasteiger partial charge in [-0.2, -0.15) is 0 Å². The van der Waals surface area contributed by atoms with Gasteiger partial charge >= 0.3 is 64.2 Å². The van der Waals surface area contributed by atoms with Crippen LogP contribution >= 0.6 is 0 Å². The number of rotatable bonds is 3. The number of hydrogen-bond acceptors (Lipinski definition) is 2. The minimum absolute atomic E-state index is 0. The van der Waals surface area contributed by atoms with Crippen LogP contribution in [0.4, 0.5) is 0 Å². The Balaban J connectivity index is 0. The molecule has 4 heteroatoms. The normalized spacial score (nSPS) is 7.62. The molecule has 0 heterocycles. The number of aliphatic hydroxyl groups excluding tert-OH is 1. The van der Waals surface area contributed by atoms with Gasteiger partial charge < -0.3 is 10.2 Å². The first-order chi connectivity index (χ1) is 3.27. The molecular weight excluding hydrogens is 182 g/mol. The third-order valence-electron chi connectivity index (χ3n) is 0.549. The molecule has 2 N–H and O–H groups in total. The summed E-state index contributed by atoms with van der Waals surface area (Å²) < 4.78 is 0. The predicted molar refractivity (Wildman–Crippen MR) is 31.1 cm³/mol. The zero-order valence-corrected chi connectivity index (χ0v) is 3.92. The Morgan fingerprint density at radius 2 is 2.00 bits per heavy atom. The van der Waals surface area contributed by atoms with Crippen molar-refractivity contribution in [3.63, 3.8) is 0 Å². The molecule has 0 rings (SSSR count). The number of aliphatic hydroxyl groups is 1. The Morgan fingerprint density at radius 3 is 2.12 bits per heavy atom. The summed E-state index contributed by atoms with van der Waals surface area (Å²) in [6.07, 6.45) is 0.422. The van der Waals surface area contributed by atoms with Gasteiger partial charge in [-0.3, -0.25) is 4.79 Å². The van der Waals surface area contributed by atoms with Crippen molar-refractivity contribution in [2.75, 3.05) is 6.61 Å². The molecule has 0 amide bonds. The quantitative estimate of drug-likeness (QED) is 0.613. The van der Waals surface area contributed by atoms with Crippen molar-refractivity contribution in [3.8, 4) is 0 Å². The Bertz CT molecular complexity index is 64.3. The summed E-state index contributed by atoms with van der Waals surface area (Å²) in [5.74, 6) is -0.853. The molecule has 0 aromatic carbocycles. The van der Waals surface area contributed by atoms with E-state index < -0.39 is 5.97 Å². The van der Waals surface area contributed by atoms with Gasteiger partial charge in [0.15, 0.2) is 0 Å². The van der Waals surface area contributed by atoms with Gasteiger partial charge in [0.1, 0.15) is 0 Å². The third-order valence-corrected chi connectivity index (χ3v) is 0.549. The molecular formula is C4H9O3Rb. The fourth-order valence-corrected chi connectivity index (χ4v) is 0.230. The standard InChI is InChI=1S/C4H8O3.Rb.H/c5-3-1-2-4(6)7;;/h5H,1-3H2,(H,6,7);;. The summed E-state index contributed by atoms with van der Waals surface area (Å²) in [4.78, 5) is 9.65. The fraction of sp³-hybridized carbons (Fsp3) is 0.750. The second kappa shape index (κ2) is 8.24. The summed E-state index contributed by atoms with van der Waals surface area (Å²) in [7, 11) is 0. The monoisotopic (exact) mass is 190 g/mol. The maximum atomic E-state index is 9.65. The molecule has 0 atom stereocenters. The molecule has 0 aliphatic heterocycles. The van der Waals surface area contributed by atoms with Crippen LogP contribution in [-0.4, -0.2) is 81.0 Å². The number of carboxylic acid groups (broad SMARTS) is 1. The van der Waals surface area contributed by atoms with Crippen molar-refractivity contribution in [2.45, 2.75) is 12.8 Å². The van der Waals surface area contributed by atoms with Crippen LogP contribution < -0.4 is 0 Å². The van der Waals surface area contributed by atoms with Gasteiger partial charge in [-0.15, -0.1) is 0 Å². The second-order valence-electron chi connectivity index (χ2n) is 1.22. The molecule has 0 fully saturated rings. The van der Waals surface area contributed by atoms with Crippen molar-refractivity contribution in [1.82, 2.24) is 0 Å². The average Bonchev–Trinajstić information content (AvgIpc) is 1.61. The molecule has 3 nitrogen and oxygen atoms in total. The number of carbonyl (C=O) groups is 1. The average molecular weight is 191 g/mol. The molecule has 0 unspecified atom stereocenters. The van der Waals surface area contributed by atoms with Crippen molar-refractivity contribution in [2.24, 2.45) is 0 Å². The minimum atomic E-state index is -0.853. The van der Waals surface area contributed by atoms with Crippen LogP contribution in [0.25, 0.3) is 0 Å². The Hall–Kier alpha value is 1.24. The number of aliphatic carboxylic acids is 1. The van der Waals surface area contributed by atoms with Crippen LogP contribution in [-0.2, 0) is 4.79 Å². The van der Waals surface area contributed by atoms with Gasteiger partial charge in [0.05, 0.1) is 0 Å². The first-order valence-electron chi connectivity index (χ1n) is 2.10. The number of carboxylic acids is 1. The summed E-state index contributed by atoms with van der Waals surface area (Å²) >= 11 is 0. The SMILES string of the molecule is O=C(O)CCCO.[RbH]. The van der Waals surface area contributed by atoms with Gasteiger partial charge in [0.25, 0.3) is 0 Å². The van der Waals surface area contributed by atoms with E-state index in [0.29, 0.717) is 6.42 Å². The molecule has 0 spiro atoms. The fourth-order valence-electron chi connectivity index (χ4n) is 0.230. The van der Waals surface area contributed by atoms with Crippen LogP contribution in [0.5, 0.6) is 0 Å². The Labute approximate surface area is 96.9 Å². The van der Waals surface area contributed by atoms with Gasteiger partial charge in [0, 0.05) is 13.0 Å². The van der Waals surface area contributed by atoms with Crippen LogP contribution in [0.1, 0.15) is 12.8 Å². The van der Waals surface area contributed by atoms with Crippen molar-refractivity contribution < 1.29 is 15.0 Å². The molecule has 0 bridgehead atoms. The number of hydrogen-bond donors (Lipinski definition) is 2. The molecule has 0 saturated heterocycles.